The molecule has 8 nitrogen and oxygen atoms in total. The summed E-state index contributed by atoms with van der Waals surface area (Å²) in [6.45, 7) is 11.7. The van der Waals surface area contributed by atoms with Crippen LogP contribution in [0.1, 0.15) is 89.4 Å². The van der Waals surface area contributed by atoms with E-state index in [9.17, 15) is 24.9 Å². The molecule has 3 saturated carbocycles. The van der Waals surface area contributed by atoms with Gasteiger partial charge < -0.3 is 29.5 Å². The minimum Gasteiger partial charge on any atom is -0.428 e. The van der Waals surface area contributed by atoms with Gasteiger partial charge in [-0.25, -0.2) is 4.79 Å². The van der Waals surface area contributed by atoms with E-state index in [0.717, 1.165) is 37.7 Å². The Morgan fingerprint density at radius 1 is 1.15 bits per heavy atom. The van der Waals surface area contributed by atoms with Gasteiger partial charge >= 0.3 is 11.9 Å². The van der Waals surface area contributed by atoms with Crippen molar-refractivity contribution in [3.05, 3.63) is 71.3 Å². The fourth-order valence-corrected chi connectivity index (χ4v) is 7.60. The lowest BCUT2D eigenvalue weighted by Crippen LogP contribution is -2.45. The molecule has 8 heteroatoms. The molecule has 3 aliphatic carbocycles. The number of aliphatic hydroxyl groups excluding tert-OH is 2. The van der Waals surface area contributed by atoms with Crippen LogP contribution in [0.3, 0.4) is 0 Å². The van der Waals surface area contributed by atoms with Crippen molar-refractivity contribution < 1.29 is 39.1 Å². The van der Waals surface area contributed by atoms with Gasteiger partial charge in [0, 0.05) is 12.8 Å². The number of carbonyl (C=O) groups is 2. The number of ether oxygens (including phenoxy) is 3. The average Bonchev–Trinajstić information content (AvgIpc) is 3.37. The van der Waals surface area contributed by atoms with Crippen molar-refractivity contribution >= 4 is 11.9 Å². The maximum Gasteiger partial charge on any atom is 0.340 e. The van der Waals surface area contributed by atoms with Gasteiger partial charge in [0.25, 0.3) is 0 Å². The van der Waals surface area contributed by atoms with Crippen LogP contribution in [0.25, 0.3) is 0 Å². The van der Waals surface area contributed by atoms with E-state index in [-0.39, 0.29) is 24.9 Å². The third-order valence-corrected chi connectivity index (χ3v) is 9.97. The van der Waals surface area contributed by atoms with E-state index >= 15 is 0 Å². The van der Waals surface area contributed by atoms with E-state index in [1.54, 1.807) is 44.2 Å². The summed E-state index contributed by atoms with van der Waals surface area (Å²) in [5, 5.41) is 31.8. The number of aliphatic hydroxyl groups is 3. The number of carbonyl (C=O) groups excluding carboxylic acids is 2. The Hall–Kier alpha value is -3.22. The summed E-state index contributed by atoms with van der Waals surface area (Å²) in [7, 11) is 0. The zero-order chi connectivity index (χ0) is 33.5. The van der Waals surface area contributed by atoms with Gasteiger partial charge in [-0.2, -0.15) is 0 Å². The maximum atomic E-state index is 12.1. The molecule has 3 fully saturated rings. The highest BCUT2D eigenvalue weighted by Crippen LogP contribution is 2.59. The van der Waals surface area contributed by atoms with Gasteiger partial charge in [0.05, 0.1) is 24.7 Å². The van der Waals surface area contributed by atoms with Gasteiger partial charge in [-0.15, -0.1) is 5.92 Å². The standard InChI is InChI=1S/C38H50O8/c1-25(11-9-20-37(3,4)43)30-17-18-31-27(14-10-21-38(30,31)5)15-16-29-23-32(39)35(34(41)26(29)2)44-22-19-33(40)45-24-46-36(42)28-12-7-6-8-13-28/h6-8,12-13,15-16,25,30-32,34-35,39,41,43H,2,10-11,14,17-19,21-24H2,1,3-5H3/t25-,30-,31?,32-,34-,35+,38-/m1/s1. The quantitative estimate of drug-likeness (QED) is 0.171. The number of hydrogen-bond acceptors (Lipinski definition) is 8. The fraction of sp³-hybridized carbons (Fsp3) is 0.579. The molecule has 0 spiro atoms. The zero-order valence-corrected chi connectivity index (χ0v) is 27.7. The number of allylic oxidation sites excluding steroid dienone is 3. The molecule has 3 aliphatic rings. The van der Waals surface area contributed by atoms with Crippen LogP contribution in [0.5, 0.6) is 0 Å². The Bertz CT molecular complexity index is 1360. The van der Waals surface area contributed by atoms with Crippen LogP contribution in [0.15, 0.2) is 65.8 Å². The minimum atomic E-state index is -1.12. The molecule has 1 aromatic carbocycles. The highest BCUT2D eigenvalue weighted by molar-refractivity contribution is 5.89. The second-order valence-electron chi connectivity index (χ2n) is 13.8. The number of esters is 2. The summed E-state index contributed by atoms with van der Waals surface area (Å²) in [5.74, 6) is 6.45. The first-order valence-corrected chi connectivity index (χ1v) is 16.5. The summed E-state index contributed by atoms with van der Waals surface area (Å²) in [6.07, 6.45) is 7.77. The van der Waals surface area contributed by atoms with Gasteiger partial charge in [-0.1, -0.05) is 62.3 Å². The highest BCUT2D eigenvalue weighted by Gasteiger charge is 2.50. The predicted molar refractivity (Wildman–Crippen MR) is 175 cm³/mol. The van der Waals surface area contributed by atoms with Crippen molar-refractivity contribution in [1.82, 2.24) is 0 Å². The smallest absolute Gasteiger partial charge is 0.340 e. The van der Waals surface area contributed by atoms with Gasteiger partial charge in [-0.05, 0) is 92.4 Å². The van der Waals surface area contributed by atoms with Gasteiger partial charge in [-0.3, -0.25) is 4.79 Å². The topological polar surface area (TPSA) is 123 Å². The predicted octanol–water partition coefficient (Wildman–Crippen LogP) is 5.67. The molecule has 0 aromatic heterocycles. The molecule has 250 valence electrons. The number of fused-ring (bicyclic) bond motifs is 1. The Labute approximate surface area is 273 Å². The van der Waals surface area contributed by atoms with E-state index < -0.39 is 42.6 Å². The second-order valence-corrected chi connectivity index (χ2v) is 13.8. The summed E-state index contributed by atoms with van der Waals surface area (Å²) in [5.41, 5.74) is 2.30. The van der Waals surface area contributed by atoms with Crippen LogP contribution in [0.4, 0.5) is 0 Å². The molecule has 1 unspecified atom stereocenters. The third-order valence-electron chi connectivity index (χ3n) is 9.97. The van der Waals surface area contributed by atoms with Crippen molar-refractivity contribution in [2.75, 3.05) is 13.4 Å². The van der Waals surface area contributed by atoms with Crippen molar-refractivity contribution in [3.8, 4) is 11.8 Å². The van der Waals surface area contributed by atoms with Crippen LogP contribution < -0.4 is 0 Å². The Balaban J connectivity index is 1.28. The number of hydrogen-bond donors (Lipinski definition) is 3. The van der Waals surface area contributed by atoms with Crippen molar-refractivity contribution in [2.45, 2.75) is 103 Å². The number of rotatable bonds is 10. The van der Waals surface area contributed by atoms with E-state index in [2.05, 4.69) is 38.3 Å². The first-order chi connectivity index (χ1) is 21.8. The molecule has 1 aromatic rings. The lowest BCUT2D eigenvalue weighted by atomic mass is 9.61. The zero-order valence-electron chi connectivity index (χ0n) is 27.7. The first kappa shape index (κ1) is 35.6. The molecule has 4 rings (SSSR count). The molecule has 0 bridgehead atoms. The molecule has 7 atom stereocenters. The average molecular weight is 635 g/mol. The second kappa shape index (κ2) is 15.6. The summed E-state index contributed by atoms with van der Waals surface area (Å²) >= 11 is 0. The van der Waals surface area contributed by atoms with Crippen molar-refractivity contribution in [1.29, 1.82) is 0 Å². The molecule has 0 heterocycles. The van der Waals surface area contributed by atoms with Gasteiger partial charge in [0.1, 0.15) is 17.8 Å². The van der Waals surface area contributed by atoms with Gasteiger partial charge in [0.15, 0.2) is 0 Å². The van der Waals surface area contributed by atoms with E-state index in [0.29, 0.717) is 28.9 Å². The number of benzene rings is 1. The molecular weight excluding hydrogens is 584 g/mol. The highest BCUT2D eigenvalue weighted by atomic mass is 16.7. The molecule has 0 saturated heterocycles. The van der Waals surface area contributed by atoms with E-state index in [4.69, 9.17) is 14.2 Å². The van der Waals surface area contributed by atoms with Gasteiger partial charge in [0.2, 0.25) is 6.79 Å². The SMILES string of the molecule is C=C1C(=CC=C2CCC[C@@]3(C)C2CC[C@@H]3[C@H](C)CC#CC(C)(C)O)C[C@@H](O)[C@H](OCCC(=O)OCOC(=O)c2ccccc2)[C@@H]1O. The molecule has 46 heavy (non-hydrogen) atoms. The Morgan fingerprint density at radius 2 is 1.89 bits per heavy atom. The van der Waals surface area contributed by atoms with Crippen LogP contribution in [0.2, 0.25) is 0 Å². The first-order valence-electron chi connectivity index (χ1n) is 16.5. The van der Waals surface area contributed by atoms with Crippen LogP contribution in [-0.2, 0) is 19.0 Å². The normalized spacial score (nSPS) is 30.3. The largest absolute Gasteiger partial charge is 0.428 e. The van der Waals surface area contributed by atoms with Crippen LogP contribution in [0, 0.1) is 35.0 Å². The third kappa shape index (κ3) is 8.98. The van der Waals surface area contributed by atoms with Crippen LogP contribution in [-0.4, -0.2) is 64.6 Å². The lowest BCUT2D eigenvalue weighted by Gasteiger charge is -2.44. The maximum absolute atomic E-state index is 12.1. The molecule has 0 radical (unpaired) electrons. The molecular formula is C38H50O8. The Morgan fingerprint density at radius 3 is 2.61 bits per heavy atom. The Kier molecular flexibility index (Phi) is 12.1. The molecule has 3 N–H and O–H groups in total. The summed E-state index contributed by atoms with van der Waals surface area (Å²) in [6, 6.07) is 8.39. The monoisotopic (exact) mass is 634 g/mol. The van der Waals surface area contributed by atoms with Crippen molar-refractivity contribution in [3.63, 3.8) is 0 Å². The minimum absolute atomic E-state index is 0.0795. The lowest BCUT2D eigenvalue weighted by molar-refractivity contribution is -0.156. The summed E-state index contributed by atoms with van der Waals surface area (Å²) in [4.78, 5) is 24.0. The van der Waals surface area contributed by atoms with Crippen LogP contribution >= 0.6 is 0 Å². The molecule has 0 aliphatic heterocycles. The van der Waals surface area contributed by atoms with Crippen molar-refractivity contribution in [2.24, 2.45) is 23.2 Å². The summed E-state index contributed by atoms with van der Waals surface area (Å²) < 4.78 is 15.6. The molecule has 0 amide bonds. The van der Waals surface area contributed by atoms with E-state index in [1.807, 2.05) is 6.08 Å². The fourth-order valence-electron chi connectivity index (χ4n) is 7.60. The van der Waals surface area contributed by atoms with E-state index in [1.165, 1.54) is 12.0 Å².